The molecular weight excluding hydrogens is 320 g/mol. The minimum Gasteiger partial charge on any atom is -0.485 e. The molecule has 3 rings (SSSR count). The van der Waals surface area contributed by atoms with Crippen molar-refractivity contribution in [1.82, 2.24) is 20.8 Å². The Bertz CT molecular complexity index is 678. The predicted molar refractivity (Wildman–Crippen MR) is 92.4 cm³/mol. The molecule has 1 aromatic heterocycles. The summed E-state index contributed by atoms with van der Waals surface area (Å²) in [6, 6.07) is 7.07. The first-order valence-corrected chi connectivity index (χ1v) is 8.78. The monoisotopic (exact) mass is 344 g/mol. The van der Waals surface area contributed by atoms with Crippen LogP contribution in [0.5, 0.6) is 5.75 Å². The Morgan fingerprint density at radius 2 is 2.24 bits per heavy atom. The van der Waals surface area contributed by atoms with Crippen LogP contribution in [-0.2, 0) is 13.0 Å². The molecule has 7 heteroatoms. The maximum Gasteiger partial charge on any atom is 0.251 e. The first-order valence-electron chi connectivity index (χ1n) is 8.78. The van der Waals surface area contributed by atoms with Crippen LogP contribution < -0.4 is 15.4 Å². The molecule has 7 nitrogen and oxygen atoms in total. The highest BCUT2D eigenvalue weighted by Gasteiger charge is 2.14. The van der Waals surface area contributed by atoms with E-state index in [1.165, 1.54) is 6.42 Å². The second-order valence-corrected chi connectivity index (χ2v) is 6.19. The summed E-state index contributed by atoms with van der Waals surface area (Å²) in [5, 5.41) is 10.2. The number of nitrogens with zero attached hydrogens (tertiary/aromatic N) is 2. The van der Waals surface area contributed by atoms with E-state index < -0.39 is 0 Å². The highest BCUT2D eigenvalue weighted by molar-refractivity contribution is 5.94. The third-order valence-corrected chi connectivity index (χ3v) is 4.25. The Balaban J connectivity index is 1.46. The standard InChI is InChI=1S/C18H24N4O3/c1-2-17-21-16(22-25-17)12-24-15-7-5-14(6-8-15)18(23)20-11-13-4-3-9-19-10-13/h5-8,13,19H,2-4,9-12H2,1H3,(H,20,23). The zero-order chi connectivity index (χ0) is 17.5. The predicted octanol–water partition coefficient (Wildman–Crippen LogP) is 1.94. The van der Waals surface area contributed by atoms with E-state index in [-0.39, 0.29) is 12.5 Å². The molecule has 0 bridgehead atoms. The molecule has 1 unspecified atom stereocenters. The van der Waals surface area contributed by atoms with Crippen LogP contribution in [0.2, 0.25) is 0 Å². The van der Waals surface area contributed by atoms with Crippen LogP contribution in [0, 0.1) is 5.92 Å². The van der Waals surface area contributed by atoms with Crippen LogP contribution in [0.25, 0.3) is 0 Å². The second-order valence-electron chi connectivity index (χ2n) is 6.19. The molecule has 25 heavy (non-hydrogen) atoms. The van der Waals surface area contributed by atoms with Crippen LogP contribution >= 0.6 is 0 Å². The topological polar surface area (TPSA) is 89.3 Å². The molecule has 1 amide bonds. The van der Waals surface area contributed by atoms with Gasteiger partial charge in [-0.1, -0.05) is 12.1 Å². The molecule has 1 aromatic carbocycles. The van der Waals surface area contributed by atoms with Gasteiger partial charge in [-0.25, -0.2) is 0 Å². The average Bonchev–Trinajstić information content (AvgIpc) is 3.14. The maximum atomic E-state index is 12.2. The van der Waals surface area contributed by atoms with E-state index in [1.54, 1.807) is 24.3 Å². The minimum absolute atomic E-state index is 0.0529. The number of ether oxygens (including phenoxy) is 1. The van der Waals surface area contributed by atoms with Crippen LogP contribution in [-0.4, -0.2) is 35.7 Å². The third kappa shape index (κ3) is 5.03. The van der Waals surface area contributed by atoms with E-state index in [9.17, 15) is 4.79 Å². The summed E-state index contributed by atoms with van der Waals surface area (Å²) in [7, 11) is 0. The lowest BCUT2D eigenvalue weighted by atomic mass is 10.00. The van der Waals surface area contributed by atoms with Gasteiger partial charge in [-0.05, 0) is 56.1 Å². The molecule has 1 fully saturated rings. The van der Waals surface area contributed by atoms with E-state index in [0.29, 0.717) is 41.9 Å². The Labute approximate surface area is 147 Å². The number of nitrogens with one attached hydrogen (secondary N) is 2. The minimum atomic E-state index is -0.0529. The van der Waals surface area contributed by atoms with Crippen LogP contribution in [0.3, 0.4) is 0 Å². The third-order valence-electron chi connectivity index (χ3n) is 4.25. The van der Waals surface area contributed by atoms with Gasteiger partial charge in [0.2, 0.25) is 11.7 Å². The number of hydrogen-bond donors (Lipinski definition) is 2. The fourth-order valence-corrected chi connectivity index (χ4v) is 2.78. The molecular formula is C18H24N4O3. The number of rotatable bonds is 7. The Morgan fingerprint density at radius 1 is 1.40 bits per heavy atom. The van der Waals surface area contributed by atoms with Gasteiger partial charge in [-0.2, -0.15) is 4.98 Å². The Kier molecular flexibility index (Phi) is 6.00. The first kappa shape index (κ1) is 17.4. The summed E-state index contributed by atoms with van der Waals surface area (Å²) >= 11 is 0. The van der Waals surface area contributed by atoms with Gasteiger partial charge in [0.1, 0.15) is 5.75 Å². The summed E-state index contributed by atoms with van der Waals surface area (Å²) in [5.74, 6) is 2.24. The van der Waals surface area contributed by atoms with Crippen LogP contribution in [0.1, 0.15) is 41.8 Å². The molecule has 1 atom stereocenters. The van der Waals surface area contributed by atoms with Gasteiger partial charge in [-0.15, -0.1) is 0 Å². The molecule has 0 aliphatic carbocycles. The molecule has 2 heterocycles. The summed E-state index contributed by atoms with van der Waals surface area (Å²) < 4.78 is 10.6. The van der Waals surface area contributed by atoms with Crippen LogP contribution in [0.4, 0.5) is 0 Å². The highest BCUT2D eigenvalue weighted by Crippen LogP contribution is 2.14. The van der Waals surface area contributed by atoms with E-state index in [1.807, 2.05) is 6.92 Å². The van der Waals surface area contributed by atoms with Crippen molar-refractivity contribution in [3.05, 3.63) is 41.5 Å². The summed E-state index contributed by atoms with van der Waals surface area (Å²) in [5.41, 5.74) is 0.629. The summed E-state index contributed by atoms with van der Waals surface area (Å²) in [6.45, 7) is 4.95. The van der Waals surface area contributed by atoms with Crippen molar-refractivity contribution in [2.24, 2.45) is 5.92 Å². The van der Waals surface area contributed by atoms with E-state index in [0.717, 1.165) is 19.5 Å². The Hall–Kier alpha value is -2.41. The molecule has 2 N–H and O–H groups in total. The van der Waals surface area contributed by atoms with Crippen molar-refractivity contribution < 1.29 is 14.1 Å². The first-order chi connectivity index (χ1) is 12.2. The van der Waals surface area contributed by atoms with Crippen LogP contribution in [0.15, 0.2) is 28.8 Å². The molecule has 1 aliphatic rings. The lowest BCUT2D eigenvalue weighted by Gasteiger charge is -2.22. The van der Waals surface area contributed by atoms with Crippen molar-refractivity contribution in [2.45, 2.75) is 32.8 Å². The number of aryl methyl sites for hydroxylation is 1. The van der Waals surface area contributed by atoms with Crippen molar-refractivity contribution in [2.75, 3.05) is 19.6 Å². The summed E-state index contributed by atoms with van der Waals surface area (Å²) in [4.78, 5) is 16.4. The maximum absolute atomic E-state index is 12.2. The van der Waals surface area contributed by atoms with Crippen molar-refractivity contribution in [1.29, 1.82) is 0 Å². The normalized spacial score (nSPS) is 17.2. The second kappa shape index (κ2) is 8.62. The molecule has 134 valence electrons. The molecule has 1 aliphatic heterocycles. The molecule has 0 spiro atoms. The lowest BCUT2D eigenvalue weighted by Crippen LogP contribution is -2.38. The molecule has 1 saturated heterocycles. The van der Waals surface area contributed by atoms with E-state index in [2.05, 4.69) is 20.8 Å². The van der Waals surface area contributed by atoms with Gasteiger partial charge in [0.15, 0.2) is 6.61 Å². The number of benzene rings is 1. The van der Waals surface area contributed by atoms with Crippen molar-refractivity contribution in [3.63, 3.8) is 0 Å². The molecule has 2 aromatic rings. The number of hydrogen-bond acceptors (Lipinski definition) is 6. The quantitative estimate of drug-likeness (QED) is 0.798. The average molecular weight is 344 g/mol. The zero-order valence-electron chi connectivity index (χ0n) is 14.5. The van der Waals surface area contributed by atoms with E-state index in [4.69, 9.17) is 9.26 Å². The number of amides is 1. The largest absolute Gasteiger partial charge is 0.485 e. The lowest BCUT2D eigenvalue weighted by molar-refractivity contribution is 0.0945. The van der Waals surface area contributed by atoms with Gasteiger partial charge in [-0.3, -0.25) is 4.79 Å². The summed E-state index contributed by atoms with van der Waals surface area (Å²) in [6.07, 6.45) is 3.04. The number of carbonyl (C=O) groups excluding carboxylic acids is 1. The van der Waals surface area contributed by atoms with E-state index >= 15 is 0 Å². The zero-order valence-corrected chi connectivity index (χ0v) is 14.5. The fraction of sp³-hybridized carbons (Fsp3) is 0.500. The van der Waals surface area contributed by atoms with Gasteiger partial charge in [0.25, 0.3) is 5.91 Å². The Morgan fingerprint density at radius 3 is 2.92 bits per heavy atom. The molecule has 0 saturated carbocycles. The number of piperidine rings is 1. The van der Waals surface area contributed by atoms with Gasteiger partial charge in [0, 0.05) is 18.5 Å². The van der Waals surface area contributed by atoms with Gasteiger partial charge < -0.3 is 19.9 Å². The smallest absolute Gasteiger partial charge is 0.251 e. The fourth-order valence-electron chi connectivity index (χ4n) is 2.78. The van der Waals surface area contributed by atoms with Gasteiger partial charge >= 0.3 is 0 Å². The van der Waals surface area contributed by atoms with Gasteiger partial charge in [0.05, 0.1) is 0 Å². The SMILES string of the molecule is CCc1nc(COc2ccc(C(=O)NCC3CCCNC3)cc2)no1. The number of carbonyl (C=O) groups is 1. The highest BCUT2D eigenvalue weighted by atomic mass is 16.5. The van der Waals surface area contributed by atoms with Crippen molar-refractivity contribution >= 4 is 5.91 Å². The van der Waals surface area contributed by atoms with Crippen molar-refractivity contribution in [3.8, 4) is 5.75 Å². The molecule has 0 radical (unpaired) electrons. The number of aromatic nitrogens is 2.